The summed E-state index contributed by atoms with van der Waals surface area (Å²) < 4.78 is 5.72. The number of carboxylic acids is 1. The zero-order valence-electron chi connectivity index (χ0n) is 17.5. The fraction of sp³-hybridized carbons (Fsp3) is 0.0385. The van der Waals surface area contributed by atoms with Crippen molar-refractivity contribution in [3.8, 4) is 5.75 Å². The molecule has 1 aliphatic heterocycles. The highest BCUT2D eigenvalue weighted by molar-refractivity contribution is 8.19. The molecule has 7 heteroatoms. The molecule has 0 radical (unpaired) electrons. The van der Waals surface area contributed by atoms with Crippen molar-refractivity contribution >= 4 is 46.3 Å². The number of aromatic carboxylic acids is 1. The van der Waals surface area contributed by atoms with E-state index in [0.29, 0.717) is 33.8 Å². The van der Waals surface area contributed by atoms with Gasteiger partial charge in [-0.1, -0.05) is 55.1 Å². The summed E-state index contributed by atoms with van der Waals surface area (Å²) in [4.78, 5) is 31.4. The minimum atomic E-state index is -1.04. The number of ether oxygens (including phenoxy) is 1. The van der Waals surface area contributed by atoms with Gasteiger partial charge in [0.2, 0.25) is 0 Å². The maximum atomic E-state index is 13.4. The first-order valence-electron chi connectivity index (χ1n) is 10.1. The van der Waals surface area contributed by atoms with Crippen LogP contribution in [0.2, 0.25) is 0 Å². The Labute approximate surface area is 195 Å². The van der Waals surface area contributed by atoms with Gasteiger partial charge < -0.3 is 9.84 Å². The van der Waals surface area contributed by atoms with E-state index in [1.807, 2.05) is 54.6 Å². The van der Waals surface area contributed by atoms with E-state index in [1.54, 1.807) is 24.3 Å². The van der Waals surface area contributed by atoms with Crippen LogP contribution < -0.4 is 9.64 Å². The minimum Gasteiger partial charge on any atom is -0.489 e. The Bertz CT molecular complexity index is 1270. The molecule has 6 nitrogen and oxygen atoms in total. The standard InChI is InChI=1S/C26H20N2O4S/c1-2-15-32-22-14-7-6-9-18(22)17-23-24(29)28(21-12-4-3-5-13-21)26(33-23)27-20-11-8-10-19(16-20)25(30)31/h2-14,16-17H,1,15H2,(H,30,31)/b23-17-,27-26?. The Balaban J connectivity index is 1.76. The molecule has 0 aliphatic carbocycles. The largest absolute Gasteiger partial charge is 0.489 e. The van der Waals surface area contributed by atoms with Crippen molar-refractivity contribution in [1.82, 2.24) is 0 Å². The lowest BCUT2D eigenvalue weighted by Gasteiger charge is -2.15. The molecule has 1 fully saturated rings. The Morgan fingerprint density at radius 2 is 1.82 bits per heavy atom. The Hall–Kier alpha value is -4.10. The van der Waals surface area contributed by atoms with Gasteiger partial charge in [0.05, 0.1) is 21.8 Å². The lowest BCUT2D eigenvalue weighted by atomic mass is 10.2. The number of para-hydroxylation sites is 2. The number of carbonyl (C=O) groups is 2. The topological polar surface area (TPSA) is 79.2 Å². The van der Waals surface area contributed by atoms with Crippen LogP contribution in [0.3, 0.4) is 0 Å². The normalized spacial score (nSPS) is 15.8. The summed E-state index contributed by atoms with van der Waals surface area (Å²) in [5.41, 5.74) is 2.00. The van der Waals surface area contributed by atoms with Gasteiger partial charge in [0.15, 0.2) is 5.17 Å². The van der Waals surface area contributed by atoms with Crippen LogP contribution in [0.5, 0.6) is 5.75 Å². The number of thioether (sulfide) groups is 1. The van der Waals surface area contributed by atoms with Crippen molar-refractivity contribution in [2.24, 2.45) is 4.99 Å². The number of anilines is 1. The molecule has 0 atom stereocenters. The molecule has 0 aromatic heterocycles. The highest BCUT2D eigenvalue weighted by Gasteiger charge is 2.35. The van der Waals surface area contributed by atoms with Gasteiger partial charge in [-0.2, -0.15) is 0 Å². The van der Waals surface area contributed by atoms with Crippen molar-refractivity contribution in [2.75, 3.05) is 11.5 Å². The molecule has 3 aromatic rings. The van der Waals surface area contributed by atoms with E-state index in [1.165, 1.54) is 28.8 Å². The molecule has 33 heavy (non-hydrogen) atoms. The van der Waals surface area contributed by atoms with Crippen molar-refractivity contribution in [3.63, 3.8) is 0 Å². The van der Waals surface area contributed by atoms with Crippen LogP contribution in [0.1, 0.15) is 15.9 Å². The number of aliphatic imine (C=N–C) groups is 1. The van der Waals surface area contributed by atoms with Crippen LogP contribution in [0.4, 0.5) is 11.4 Å². The van der Waals surface area contributed by atoms with Crippen LogP contribution in [0.15, 0.2) is 101 Å². The zero-order chi connectivity index (χ0) is 23.2. The number of hydrogen-bond donors (Lipinski definition) is 1. The molecule has 1 N–H and O–H groups in total. The van der Waals surface area contributed by atoms with Gasteiger partial charge in [-0.05, 0) is 54.2 Å². The number of carbonyl (C=O) groups excluding carboxylic acids is 1. The maximum Gasteiger partial charge on any atom is 0.335 e. The average molecular weight is 457 g/mol. The second kappa shape index (κ2) is 10.0. The van der Waals surface area contributed by atoms with Gasteiger partial charge in [-0.3, -0.25) is 9.69 Å². The van der Waals surface area contributed by atoms with E-state index >= 15 is 0 Å². The molecule has 0 spiro atoms. The van der Waals surface area contributed by atoms with Crippen LogP contribution in [-0.4, -0.2) is 28.8 Å². The van der Waals surface area contributed by atoms with E-state index in [9.17, 15) is 14.7 Å². The first-order chi connectivity index (χ1) is 16.1. The minimum absolute atomic E-state index is 0.126. The van der Waals surface area contributed by atoms with Crippen LogP contribution >= 0.6 is 11.8 Å². The highest BCUT2D eigenvalue weighted by atomic mass is 32.2. The highest BCUT2D eigenvalue weighted by Crippen LogP contribution is 2.38. The number of hydrogen-bond acceptors (Lipinski definition) is 5. The molecule has 4 rings (SSSR count). The van der Waals surface area contributed by atoms with Gasteiger partial charge in [0, 0.05) is 5.56 Å². The quantitative estimate of drug-likeness (QED) is 0.361. The monoisotopic (exact) mass is 456 g/mol. The molecule has 1 amide bonds. The fourth-order valence-corrected chi connectivity index (χ4v) is 4.19. The smallest absolute Gasteiger partial charge is 0.335 e. The second-order valence-corrected chi connectivity index (χ2v) is 7.98. The molecular formula is C26H20N2O4S. The van der Waals surface area contributed by atoms with Crippen molar-refractivity contribution in [1.29, 1.82) is 0 Å². The summed E-state index contributed by atoms with van der Waals surface area (Å²) >= 11 is 1.22. The average Bonchev–Trinajstić information content (AvgIpc) is 3.13. The zero-order valence-corrected chi connectivity index (χ0v) is 18.4. The summed E-state index contributed by atoms with van der Waals surface area (Å²) in [6.07, 6.45) is 3.43. The third-order valence-corrected chi connectivity index (χ3v) is 5.67. The second-order valence-electron chi connectivity index (χ2n) is 6.97. The molecule has 1 aliphatic rings. The van der Waals surface area contributed by atoms with Gasteiger partial charge >= 0.3 is 5.97 Å². The van der Waals surface area contributed by atoms with Crippen LogP contribution in [0, 0.1) is 0 Å². The SMILES string of the molecule is C=CCOc1ccccc1/C=C1\SC(=Nc2cccc(C(=O)O)c2)N(c2ccccc2)C1=O. The number of amides is 1. The number of amidine groups is 1. The van der Waals surface area contributed by atoms with E-state index in [0.717, 1.165) is 5.56 Å². The summed E-state index contributed by atoms with van der Waals surface area (Å²) in [6.45, 7) is 4.02. The summed E-state index contributed by atoms with van der Waals surface area (Å²) in [5, 5.41) is 9.73. The summed E-state index contributed by atoms with van der Waals surface area (Å²) in [5.74, 6) is -0.620. The van der Waals surface area contributed by atoms with Crippen LogP contribution in [-0.2, 0) is 4.79 Å². The number of carboxylic acid groups (broad SMARTS) is 1. The first kappa shape index (κ1) is 22.1. The number of benzene rings is 3. The van der Waals surface area contributed by atoms with E-state index in [4.69, 9.17) is 4.74 Å². The molecule has 0 saturated carbocycles. The number of rotatable bonds is 7. The first-order valence-corrected chi connectivity index (χ1v) is 10.9. The molecule has 1 heterocycles. The summed E-state index contributed by atoms with van der Waals surface area (Å²) in [6, 6.07) is 23.0. The molecule has 1 saturated heterocycles. The Morgan fingerprint density at radius 3 is 2.58 bits per heavy atom. The van der Waals surface area contributed by atoms with Crippen LogP contribution in [0.25, 0.3) is 6.08 Å². The van der Waals surface area contributed by atoms with Crippen molar-refractivity contribution < 1.29 is 19.4 Å². The fourth-order valence-electron chi connectivity index (χ4n) is 3.19. The van der Waals surface area contributed by atoms with Gasteiger partial charge in [0.25, 0.3) is 5.91 Å². The Kier molecular flexibility index (Phi) is 6.71. The molecular weight excluding hydrogens is 436 g/mol. The third kappa shape index (κ3) is 5.05. The lowest BCUT2D eigenvalue weighted by Crippen LogP contribution is -2.28. The number of nitrogens with zero attached hydrogens (tertiary/aromatic N) is 2. The van der Waals surface area contributed by atoms with Gasteiger partial charge in [0.1, 0.15) is 12.4 Å². The predicted octanol–water partition coefficient (Wildman–Crippen LogP) is 5.76. The van der Waals surface area contributed by atoms with Gasteiger partial charge in [-0.25, -0.2) is 9.79 Å². The van der Waals surface area contributed by atoms with Crippen molar-refractivity contribution in [3.05, 3.63) is 108 Å². The maximum absolute atomic E-state index is 13.4. The molecule has 0 unspecified atom stereocenters. The van der Waals surface area contributed by atoms with Crippen molar-refractivity contribution in [2.45, 2.75) is 0 Å². The van der Waals surface area contributed by atoms with E-state index < -0.39 is 5.97 Å². The lowest BCUT2D eigenvalue weighted by molar-refractivity contribution is -0.113. The predicted molar refractivity (Wildman–Crippen MR) is 132 cm³/mol. The third-order valence-electron chi connectivity index (χ3n) is 4.70. The Morgan fingerprint density at radius 1 is 1.06 bits per heavy atom. The summed E-state index contributed by atoms with van der Waals surface area (Å²) in [7, 11) is 0. The molecule has 164 valence electrons. The van der Waals surface area contributed by atoms with E-state index in [2.05, 4.69) is 11.6 Å². The van der Waals surface area contributed by atoms with Gasteiger partial charge in [-0.15, -0.1) is 0 Å². The molecule has 3 aromatic carbocycles. The van der Waals surface area contributed by atoms with E-state index in [-0.39, 0.29) is 11.5 Å². The molecule has 0 bridgehead atoms.